The lowest BCUT2D eigenvalue weighted by Gasteiger charge is -2.12. The minimum absolute atomic E-state index is 0.0393. The Kier molecular flexibility index (Phi) is 8.08. The van der Waals surface area contributed by atoms with Gasteiger partial charge in [-0.05, 0) is 24.1 Å². The molecule has 0 aliphatic carbocycles. The largest absolute Gasteiger partial charge is 0.416 e. The number of rotatable bonds is 7. The maximum Gasteiger partial charge on any atom is 0.416 e. The molecule has 5 nitrogen and oxygen atoms in total. The summed E-state index contributed by atoms with van der Waals surface area (Å²) in [5.74, 6) is 0.445. The summed E-state index contributed by atoms with van der Waals surface area (Å²) in [6.45, 7) is 3.38. The van der Waals surface area contributed by atoms with Crippen LogP contribution in [-0.4, -0.2) is 32.0 Å². The first-order valence-electron chi connectivity index (χ1n) is 7.74. The molecule has 1 aromatic rings. The number of carbonyl (C=O) groups excluding carboxylic acids is 1. The van der Waals surface area contributed by atoms with E-state index in [1.165, 1.54) is 12.1 Å². The predicted molar refractivity (Wildman–Crippen MR) is 87.6 cm³/mol. The quantitative estimate of drug-likeness (QED) is 0.525. The zero-order valence-electron chi connectivity index (χ0n) is 13.8. The molecule has 1 aromatic carbocycles. The minimum Gasteiger partial charge on any atom is -0.356 e. The number of alkyl halides is 3. The van der Waals surface area contributed by atoms with Crippen LogP contribution in [0.3, 0.4) is 0 Å². The van der Waals surface area contributed by atoms with Gasteiger partial charge in [0, 0.05) is 33.1 Å². The second-order valence-electron chi connectivity index (χ2n) is 5.15. The fraction of sp³-hybridized carbons (Fsp3) is 0.500. The van der Waals surface area contributed by atoms with Gasteiger partial charge in [0.1, 0.15) is 0 Å². The third kappa shape index (κ3) is 7.34. The SMILES string of the molecule is CCCNC(=O)CCNC(=NC)NCc1ccc(C(F)(F)F)cc1. The van der Waals surface area contributed by atoms with Crippen LogP contribution >= 0.6 is 0 Å². The number of nitrogens with one attached hydrogen (secondary N) is 3. The molecule has 24 heavy (non-hydrogen) atoms. The molecule has 0 aliphatic heterocycles. The van der Waals surface area contributed by atoms with Crippen molar-refractivity contribution in [2.45, 2.75) is 32.5 Å². The normalized spacial score (nSPS) is 12.0. The lowest BCUT2D eigenvalue weighted by atomic mass is 10.1. The van der Waals surface area contributed by atoms with Crippen LogP contribution in [0.5, 0.6) is 0 Å². The molecule has 8 heteroatoms. The molecule has 0 bridgehead atoms. The summed E-state index contributed by atoms with van der Waals surface area (Å²) < 4.78 is 37.5. The van der Waals surface area contributed by atoms with Gasteiger partial charge in [0.05, 0.1) is 5.56 Å². The van der Waals surface area contributed by atoms with Crippen LogP contribution < -0.4 is 16.0 Å². The molecule has 0 saturated carbocycles. The number of aliphatic imine (C=N–C) groups is 1. The first kappa shape index (κ1) is 19.8. The molecule has 0 aromatic heterocycles. The fourth-order valence-electron chi connectivity index (χ4n) is 1.87. The van der Waals surface area contributed by atoms with Gasteiger partial charge in [-0.25, -0.2) is 0 Å². The Morgan fingerprint density at radius 2 is 1.75 bits per heavy atom. The first-order chi connectivity index (χ1) is 11.4. The third-order valence-electron chi connectivity index (χ3n) is 3.18. The van der Waals surface area contributed by atoms with Crippen molar-refractivity contribution < 1.29 is 18.0 Å². The number of hydrogen-bond donors (Lipinski definition) is 3. The van der Waals surface area contributed by atoms with E-state index in [-0.39, 0.29) is 5.91 Å². The molecule has 0 aliphatic rings. The lowest BCUT2D eigenvalue weighted by Crippen LogP contribution is -2.39. The molecule has 1 rings (SSSR count). The Hall–Kier alpha value is -2.25. The second-order valence-corrected chi connectivity index (χ2v) is 5.15. The number of nitrogens with zero attached hydrogens (tertiary/aromatic N) is 1. The minimum atomic E-state index is -4.33. The van der Waals surface area contributed by atoms with Crippen LogP contribution in [0, 0.1) is 0 Å². The number of hydrogen-bond acceptors (Lipinski definition) is 2. The van der Waals surface area contributed by atoms with E-state index in [1.54, 1.807) is 7.05 Å². The molecule has 0 radical (unpaired) electrons. The molecule has 134 valence electrons. The van der Waals surface area contributed by atoms with Crippen molar-refractivity contribution in [3.8, 4) is 0 Å². The highest BCUT2D eigenvalue weighted by Gasteiger charge is 2.29. The molecular formula is C16H23F3N4O. The van der Waals surface area contributed by atoms with Gasteiger partial charge >= 0.3 is 6.18 Å². The highest BCUT2D eigenvalue weighted by Crippen LogP contribution is 2.28. The van der Waals surface area contributed by atoms with Crippen molar-refractivity contribution in [3.63, 3.8) is 0 Å². The molecule has 0 saturated heterocycles. The molecule has 1 amide bonds. The van der Waals surface area contributed by atoms with Crippen LogP contribution in [0.15, 0.2) is 29.3 Å². The summed E-state index contributed by atoms with van der Waals surface area (Å²) in [5.41, 5.74) is 0.0264. The van der Waals surface area contributed by atoms with E-state index in [2.05, 4.69) is 20.9 Å². The standard InChI is InChI=1S/C16H23F3N4O/c1-3-9-21-14(24)8-10-22-15(20-2)23-11-12-4-6-13(7-5-12)16(17,18)19/h4-7H,3,8-11H2,1-2H3,(H,21,24)(H2,20,22,23). The van der Waals surface area contributed by atoms with Gasteiger partial charge in [0.15, 0.2) is 5.96 Å². The van der Waals surface area contributed by atoms with Crippen molar-refractivity contribution in [1.82, 2.24) is 16.0 Å². The van der Waals surface area contributed by atoms with E-state index in [4.69, 9.17) is 0 Å². The third-order valence-corrected chi connectivity index (χ3v) is 3.18. The summed E-state index contributed by atoms with van der Waals surface area (Å²) in [6, 6.07) is 4.93. The van der Waals surface area contributed by atoms with Gasteiger partial charge in [0.2, 0.25) is 5.91 Å². The molecule has 3 N–H and O–H groups in total. The highest BCUT2D eigenvalue weighted by molar-refractivity contribution is 5.81. The summed E-state index contributed by atoms with van der Waals surface area (Å²) in [6.07, 6.45) is -3.13. The van der Waals surface area contributed by atoms with Crippen LogP contribution in [-0.2, 0) is 17.5 Å². The number of halogens is 3. The second kappa shape index (κ2) is 9.79. The summed E-state index contributed by atoms with van der Waals surface area (Å²) in [5, 5.41) is 8.74. The van der Waals surface area contributed by atoms with Crippen molar-refractivity contribution in [1.29, 1.82) is 0 Å². The number of guanidine groups is 1. The summed E-state index contributed by atoms with van der Waals surface area (Å²) in [7, 11) is 1.58. The predicted octanol–water partition coefficient (Wildman–Crippen LogP) is 2.29. The van der Waals surface area contributed by atoms with E-state index in [0.717, 1.165) is 18.6 Å². The van der Waals surface area contributed by atoms with Gasteiger partial charge in [-0.3, -0.25) is 9.79 Å². The number of amides is 1. The Balaban J connectivity index is 2.37. The van der Waals surface area contributed by atoms with Gasteiger partial charge in [-0.2, -0.15) is 13.2 Å². The Bertz CT molecular complexity index is 541. The maximum absolute atomic E-state index is 12.5. The number of benzene rings is 1. The lowest BCUT2D eigenvalue weighted by molar-refractivity contribution is -0.137. The van der Waals surface area contributed by atoms with E-state index >= 15 is 0 Å². The summed E-state index contributed by atoms with van der Waals surface area (Å²) >= 11 is 0. The van der Waals surface area contributed by atoms with Gasteiger partial charge < -0.3 is 16.0 Å². The van der Waals surface area contributed by atoms with Gasteiger partial charge in [0.25, 0.3) is 0 Å². The molecular weight excluding hydrogens is 321 g/mol. The molecule has 0 spiro atoms. The van der Waals surface area contributed by atoms with Crippen molar-refractivity contribution in [3.05, 3.63) is 35.4 Å². The van der Waals surface area contributed by atoms with Crippen LogP contribution in [0.2, 0.25) is 0 Å². The number of carbonyl (C=O) groups is 1. The Labute approximate surface area is 139 Å². The Morgan fingerprint density at radius 3 is 2.29 bits per heavy atom. The van der Waals surface area contributed by atoms with Crippen LogP contribution in [0.4, 0.5) is 13.2 Å². The maximum atomic E-state index is 12.5. The first-order valence-corrected chi connectivity index (χ1v) is 7.74. The van der Waals surface area contributed by atoms with Gasteiger partial charge in [-0.15, -0.1) is 0 Å². The summed E-state index contributed by atoms with van der Waals surface area (Å²) in [4.78, 5) is 15.5. The van der Waals surface area contributed by atoms with Crippen molar-refractivity contribution in [2.24, 2.45) is 4.99 Å². The molecule has 0 atom stereocenters. The zero-order valence-corrected chi connectivity index (χ0v) is 13.8. The fourth-order valence-corrected chi connectivity index (χ4v) is 1.87. The molecule has 0 fully saturated rings. The monoisotopic (exact) mass is 344 g/mol. The van der Waals surface area contributed by atoms with E-state index in [1.807, 2.05) is 6.92 Å². The van der Waals surface area contributed by atoms with Crippen LogP contribution in [0.1, 0.15) is 30.9 Å². The smallest absolute Gasteiger partial charge is 0.356 e. The average molecular weight is 344 g/mol. The van der Waals surface area contributed by atoms with E-state index in [9.17, 15) is 18.0 Å². The highest BCUT2D eigenvalue weighted by atomic mass is 19.4. The zero-order chi connectivity index (χ0) is 18.0. The van der Waals surface area contributed by atoms with Crippen molar-refractivity contribution >= 4 is 11.9 Å². The van der Waals surface area contributed by atoms with Gasteiger partial charge in [-0.1, -0.05) is 19.1 Å². The topological polar surface area (TPSA) is 65.5 Å². The Morgan fingerprint density at radius 1 is 1.08 bits per heavy atom. The molecule has 0 heterocycles. The van der Waals surface area contributed by atoms with E-state index in [0.29, 0.717) is 37.6 Å². The van der Waals surface area contributed by atoms with E-state index < -0.39 is 11.7 Å². The van der Waals surface area contributed by atoms with Crippen molar-refractivity contribution in [2.75, 3.05) is 20.1 Å². The average Bonchev–Trinajstić information content (AvgIpc) is 2.55. The van der Waals surface area contributed by atoms with Crippen LogP contribution in [0.25, 0.3) is 0 Å². The molecule has 0 unspecified atom stereocenters.